The average molecular weight is 455 g/mol. The fourth-order valence-corrected chi connectivity index (χ4v) is 4.09. The van der Waals surface area contributed by atoms with Crippen LogP contribution >= 0.6 is 0 Å². The van der Waals surface area contributed by atoms with Gasteiger partial charge in [-0.1, -0.05) is 31.2 Å². The molecule has 0 radical (unpaired) electrons. The van der Waals surface area contributed by atoms with Gasteiger partial charge in [0.2, 0.25) is 0 Å². The summed E-state index contributed by atoms with van der Waals surface area (Å²) in [4.78, 5) is 12.7. The van der Waals surface area contributed by atoms with Gasteiger partial charge in [0.05, 0.1) is 17.7 Å². The molecule has 0 saturated carbocycles. The number of aryl methyl sites for hydroxylation is 1. The first-order valence-electron chi connectivity index (χ1n) is 10.1. The first-order valence-corrected chi connectivity index (χ1v) is 11.6. The van der Waals surface area contributed by atoms with Crippen molar-refractivity contribution in [1.29, 1.82) is 0 Å². The van der Waals surface area contributed by atoms with E-state index in [1.807, 2.05) is 38.1 Å². The number of para-hydroxylation sites is 1. The van der Waals surface area contributed by atoms with Crippen molar-refractivity contribution < 1.29 is 22.7 Å². The van der Waals surface area contributed by atoms with Gasteiger partial charge in [-0.2, -0.15) is 0 Å². The molecule has 3 rings (SSSR count). The third kappa shape index (κ3) is 5.79. The fraction of sp³-hybridized carbons (Fsp3) is 0.208. The quantitative estimate of drug-likeness (QED) is 0.493. The lowest BCUT2D eigenvalue weighted by Crippen LogP contribution is -2.32. The van der Waals surface area contributed by atoms with Gasteiger partial charge in [0, 0.05) is 5.69 Å². The summed E-state index contributed by atoms with van der Waals surface area (Å²) >= 11 is 0. The van der Waals surface area contributed by atoms with Gasteiger partial charge in [0.15, 0.2) is 6.10 Å². The topological polar surface area (TPSA) is 93.7 Å². The zero-order chi connectivity index (χ0) is 23.1. The number of hydrogen-bond acceptors (Lipinski definition) is 5. The number of methoxy groups -OCH3 is 1. The number of sulfonamides is 1. The number of anilines is 2. The number of hydrogen-bond donors (Lipinski definition) is 2. The molecule has 0 unspecified atom stereocenters. The highest BCUT2D eigenvalue weighted by Gasteiger charge is 2.20. The van der Waals surface area contributed by atoms with Crippen LogP contribution in [0.25, 0.3) is 0 Å². The first kappa shape index (κ1) is 23.1. The Kier molecular flexibility index (Phi) is 7.37. The highest BCUT2D eigenvalue weighted by molar-refractivity contribution is 7.92. The molecule has 8 heteroatoms. The maximum Gasteiger partial charge on any atom is 0.265 e. The Morgan fingerprint density at radius 3 is 2.31 bits per heavy atom. The molecule has 0 fully saturated rings. The molecule has 0 aromatic heterocycles. The second-order valence-corrected chi connectivity index (χ2v) is 8.83. The molecule has 0 heterocycles. The van der Waals surface area contributed by atoms with Crippen LogP contribution < -0.4 is 19.5 Å². The summed E-state index contributed by atoms with van der Waals surface area (Å²) in [6.45, 7) is 3.72. The fourth-order valence-electron chi connectivity index (χ4n) is 3.03. The second kappa shape index (κ2) is 10.2. The number of ether oxygens (including phenoxy) is 2. The number of amides is 1. The maximum atomic E-state index is 12.8. The molecular weight excluding hydrogens is 428 g/mol. The Morgan fingerprint density at radius 1 is 1.00 bits per heavy atom. The van der Waals surface area contributed by atoms with Crippen LogP contribution in [0.2, 0.25) is 0 Å². The Morgan fingerprint density at radius 2 is 1.69 bits per heavy atom. The van der Waals surface area contributed by atoms with E-state index < -0.39 is 16.1 Å². The van der Waals surface area contributed by atoms with E-state index >= 15 is 0 Å². The normalized spacial score (nSPS) is 12.0. The molecule has 0 saturated heterocycles. The number of carbonyl (C=O) groups excluding carboxylic acids is 1. The third-order valence-corrected chi connectivity index (χ3v) is 6.10. The second-order valence-electron chi connectivity index (χ2n) is 7.15. The van der Waals surface area contributed by atoms with Gasteiger partial charge < -0.3 is 14.8 Å². The van der Waals surface area contributed by atoms with Crippen LogP contribution in [-0.2, 0) is 14.8 Å². The predicted molar refractivity (Wildman–Crippen MR) is 125 cm³/mol. The lowest BCUT2D eigenvalue weighted by Gasteiger charge is -2.17. The van der Waals surface area contributed by atoms with E-state index in [0.29, 0.717) is 29.3 Å². The Hall–Kier alpha value is -3.52. The highest BCUT2D eigenvalue weighted by Crippen LogP contribution is 2.28. The minimum absolute atomic E-state index is 0.0617. The standard InChI is InChI=1S/C24H26N2O5S/c1-4-22(31-19-8-6-5-7-9-19)24(27)25-18-11-13-20(14-12-18)32(28,29)26-21-16-17(2)10-15-23(21)30-3/h5-16,22,26H,4H2,1-3H3,(H,25,27)/t22-/m1/s1. The molecule has 0 aliphatic rings. The molecule has 0 bridgehead atoms. The van der Waals surface area contributed by atoms with E-state index in [4.69, 9.17) is 9.47 Å². The molecule has 168 valence electrons. The zero-order valence-corrected chi connectivity index (χ0v) is 19.0. The smallest absolute Gasteiger partial charge is 0.265 e. The van der Waals surface area contributed by atoms with Crippen LogP contribution in [0.1, 0.15) is 18.9 Å². The molecule has 32 heavy (non-hydrogen) atoms. The van der Waals surface area contributed by atoms with Crippen LogP contribution in [0.3, 0.4) is 0 Å². The Labute approximate surface area is 188 Å². The molecule has 3 aromatic rings. The van der Waals surface area contributed by atoms with Crippen molar-refractivity contribution in [3.05, 3.63) is 78.4 Å². The van der Waals surface area contributed by atoms with Gasteiger partial charge in [-0.3, -0.25) is 9.52 Å². The summed E-state index contributed by atoms with van der Waals surface area (Å²) in [6, 6.07) is 20.3. The monoisotopic (exact) mass is 454 g/mol. The van der Waals surface area contributed by atoms with Crippen molar-refractivity contribution in [2.24, 2.45) is 0 Å². The van der Waals surface area contributed by atoms with Crippen molar-refractivity contribution in [2.45, 2.75) is 31.3 Å². The van der Waals surface area contributed by atoms with E-state index in [1.54, 1.807) is 24.3 Å². The van der Waals surface area contributed by atoms with Crippen LogP contribution in [0, 0.1) is 6.92 Å². The van der Waals surface area contributed by atoms with Gasteiger partial charge in [-0.25, -0.2) is 8.42 Å². The lowest BCUT2D eigenvalue weighted by molar-refractivity contribution is -0.122. The maximum absolute atomic E-state index is 12.8. The minimum atomic E-state index is -3.84. The molecule has 7 nitrogen and oxygen atoms in total. The summed E-state index contributed by atoms with van der Waals surface area (Å²) in [6.07, 6.45) is -0.189. The van der Waals surface area contributed by atoms with Crippen molar-refractivity contribution >= 4 is 27.3 Å². The number of benzene rings is 3. The van der Waals surface area contributed by atoms with Crippen molar-refractivity contribution in [1.82, 2.24) is 0 Å². The van der Waals surface area contributed by atoms with Crippen LogP contribution in [0.5, 0.6) is 11.5 Å². The van der Waals surface area contributed by atoms with Gasteiger partial charge in [0.25, 0.3) is 15.9 Å². The van der Waals surface area contributed by atoms with E-state index in [9.17, 15) is 13.2 Å². The minimum Gasteiger partial charge on any atom is -0.495 e. The molecule has 1 amide bonds. The molecule has 2 N–H and O–H groups in total. The number of rotatable bonds is 9. The van der Waals surface area contributed by atoms with Crippen LogP contribution in [0.15, 0.2) is 77.7 Å². The van der Waals surface area contributed by atoms with Crippen LogP contribution in [-0.4, -0.2) is 27.5 Å². The average Bonchev–Trinajstić information content (AvgIpc) is 2.78. The Balaban J connectivity index is 1.70. The molecule has 0 aliphatic carbocycles. The summed E-state index contributed by atoms with van der Waals surface area (Å²) in [5.74, 6) is 0.718. The van der Waals surface area contributed by atoms with Crippen molar-refractivity contribution in [3.63, 3.8) is 0 Å². The number of carbonyl (C=O) groups is 1. The largest absolute Gasteiger partial charge is 0.495 e. The molecule has 1 atom stereocenters. The van der Waals surface area contributed by atoms with Gasteiger partial charge in [-0.05, 0) is 67.4 Å². The molecule has 0 aliphatic heterocycles. The van der Waals surface area contributed by atoms with Crippen LogP contribution in [0.4, 0.5) is 11.4 Å². The summed E-state index contributed by atoms with van der Waals surface area (Å²) in [5, 5.41) is 2.77. The van der Waals surface area contributed by atoms with Gasteiger partial charge >= 0.3 is 0 Å². The lowest BCUT2D eigenvalue weighted by atomic mass is 10.2. The molecule has 3 aromatic carbocycles. The van der Waals surface area contributed by atoms with E-state index in [0.717, 1.165) is 5.56 Å². The zero-order valence-electron chi connectivity index (χ0n) is 18.2. The van der Waals surface area contributed by atoms with Gasteiger partial charge in [0.1, 0.15) is 11.5 Å². The van der Waals surface area contributed by atoms with Crippen molar-refractivity contribution in [2.75, 3.05) is 17.1 Å². The van der Waals surface area contributed by atoms with E-state index in [2.05, 4.69) is 10.0 Å². The SMILES string of the molecule is CC[C@@H](Oc1ccccc1)C(=O)Nc1ccc(S(=O)(=O)Nc2cc(C)ccc2OC)cc1. The third-order valence-electron chi connectivity index (χ3n) is 4.72. The summed E-state index contributed by atoms with van der Waals surface area (Å²) in [7, 11) is -2.36. The predicted octanol–water partition coefficient (Wildman–Crippen LogP) is 4.60. The summed E-state index contributed by atoms with van der Waals surface area (Å²) < 4.78 is 39.1. The molecule has 0 spiro atoms. The Bertz CT molecular complexity index is 1160. The molecular formula is C24H26N2O5S. The number of nitrogens with one attached hydrogen (secondary N) is 2. The van der Waals surface area contributed by atoms with Gasteiger partial charge in [-0.15, -0.1) is 0 Å². The highest BCUT2D eigenvalue weighted by atomic mass is 32.2. The first-order chi connectivity index (χ1) is 15.3. The van der Waals surface area contributed by atoms with E-state index in [1.165, 1.54) is 31.4 Å². The van der Waals surface area contributed by atoms with Crippen molar-refractivity contribution in [3.8, 4) is 11.5 Å². The summed E-state index contributed by atoms with van der Waals surface area (Å²) in [5.41, 5.74) is 1.72. The van der Waals surface area contributed by atoms with E-state index in [-0.39, 0.29) is 10.8 Å².